The predicted molar refractivity (Wildman–Crippen MR) is 136 cm³/mol. The summed E-state index contributed by atoms with van der Waals surface area (Å²) in [4.78, 5) is 13.2. The first-order valence-electron chi connectivity index (χ1n) is 11.4. The molecule has 0 saturated heterocycles. The summed E-state index contributed by atoms with van der Waals surface area (Å²) in [5.74, 6) is -1.09. The molecule has 1 amide bonds. The molecule has 2 N–H and O–H groups in total. The van der Waals surface area contributed by atoms with E-state index in [1.54, 1.807) is 43.3 Å². The van der Waals surface area contributed by atoms with Crippen molar-refractivity contribution in [1.82, 2.24) is 5.32 Å². The summed E-state index contributed by atoms with van der Waals surface area (Å²) >= 11 is 5.93. The molecule has 184 valence electrons. The molecule has 3 rings (SSSR count). The summed E-state index contributed by atoms with van der Waals surface area (Å²) in [6.45, 7) is 6.01. The zero-order chi connectivity index (χ0) is 25.5. The number of aliphatic hydroxyl groups is 1. The summed E-state index contributed by atoms with van der Waals surface area (Å²) in [7, 11) is 0. The van der Waals surface area contributed by atoms with E-state index in [0.717, 1.165) is 12.0 Å². The van der Waals surface area contributed by atoms with Crippen LogP contribution in [0.4, 0.5) is 8.78 Å². The maximum Gasteiger partial charge on any atom is 0.257 e. The number of rotatable bonds is 9. The van der Waals surface area contributed by atoms with Crippen LogP contribution < -0.4 is 10.1 Å². The van der Waals surface area contributed by atoms with Gasteiger partial charge in [-0.3, -0.25) is 4.79 Å². The Labute approximate surface area is 209 Å². The molecule has 0 saturated carbocycles. The normalized spacial score (nSPS) is 12.4. The van der Waals surface area contributed by atoms with Gasteiger partial charge in [-0.2, -0.15) is 0 Å². The number of carbonyl (C=O) groups is 1. The number of aliphatic hydroxyl groups excluding tert-OH is 1. The largest absolute Gasteiger partial charge is 0.493 e. The molecule has 3 aromatic carbocycles. The van der Waals surface area contributed by atoms with E-state index in [9.17, 15) is 18.7 Å². The average Bonchev–Trinajstić information content (AvgIpc) is 2.84. The topological polar surface area (TPSA) is 58.6 Å². The molecule has 0 aliphatic carbocycles. The van der Waals surface area contributed by atoms with Gasteiger partial charge in [0.1, 0.15) is 23.6 Å². The molecule has 0 heterocycles. The summed E-state index contributed by atoms with van der Waals surface area (Å²) in [6.07, 6.45) is 1.40. The highest BCUT2D eigenvalue weighted by atomic mass is 35.5. The number of halogens is 3. The zero-order valence-corrected chi connectivity index (χ0v) is 20.6. The second-order valence-corrected chi connectivity index (χ2v) is 8.56. The molecule has 4 nitrogen and oxygen atoms in total. The Morgan fingerprint density at radius 2 is 1.80 bits per heavy atom. The molecule has 0 spiro atoms. The number of nitrogens with one attached hydrogen (secondary N) is 1. The summed E-state index contributed by atoms with van der Waals surface area (Å²) in [6, 6.07) is 13.8. The number of benzene rings is 3. The van der Waals surface area contributed by atoms with Gasteiger partial charge in [-0.25, -0.2) is 8.78 Å². The van der Waals surface area contributed by atoms with Gasteiger partial charge in [-0.15, -0.1) is 0 Å². The van der Waals surface area contributed by atoms with Crippen molar-refractivity contribution >= 4 is 23.1 Å². The van der Waals surface area contributed by atoms with Crippen molar-refractivity contribution in [2.45, 2.75) is 39.8 Å². The van der Waals surface area contributed by atoms with Gasteiger partial charge in [-0.1, -0.05) is 42.8 Å². The van der Waals surface area contributed by atoms with Crippen LogP contribution in [-0.2, 0) is 0 Å². The van der Waals surface area contributed by atoms with Crippen LogP contribution in [0.3, 0.4) is 0 Å². The quantitative estimate of drug-likeness (QED) is 0.314. The van der Waals surface area contributed by atoms with E-state index in [1.165, 1.54) is 24.3 Å². The average molecular weight is 500 g/mol. The third kappa shape index (κ3) is 6.68. The van der Waals surface area contributed by atoms with Crippen molar-refractivity contribution in [3.8, 4) is 16.9 Å². The van der Waals surface area contributed by atoms with Crippen molar-refractivity contribution in [2.24, 2.45) is 0 Å². The maximum absolute atomic E-state index is 13.8. The summed E-state index contributed by atoms with van der Waals surface area (Å²) in [5, 5.41) is 13.2. The van der Waals surface area contributed by atoms with Crippen LogP contribution in [0, 0.1) is 18.6 Å². The minimum Gasteiger partial charge on any atom is -0.493 e. The highest BCUT2D eigenvalue weighted by molar-refractivity contribution is 6.31. The molecule has 0 bridgehead atoms. The fraction of sp³-hybridized carbons (Fsp3) is 0.250. The lowest BCUT2D eigenvalue weighted by atomic mass is 9.97. The number of ether oxygens (including phenoxy) is 1. The molecule has 1 atom stereocenters. The predicted octanol–water partition coefficient (Wildman–Crippen LogP) is 6.92. The lowest BCUT2D eigenvalue weighted by Gasteiger charge is -2.18. The summed E-state index contributed by atoms with van der Waals surface area (Å²) < 4.78 is 33.1. The van der Waals surface area contributed by atoms with E-state index in [1.807, 2.05) is 13.8 Å². The summed E-state index contributed by atoms with van der Waals surface area (Å²) in [5.41, 5.74) is 3.72. The van der Waals surface area contributed by atoms with Crippen molar-refractivity contribution < 1.29 is 23.4 Å². The highest BCUT2D eigenvalue weighted by Gasteiger charge is 2.19. The van der Waals surface area contributed by atoms with Crippen LogP contribution in [0.25, 0.3) is 16.7 Å². The lowest BCUT2D eigenvalue weighted by molar-refractivity contribution is 0.0791. The minimum atomic E-state index is -1.22. The fourth-order valence-corrected chi connectivity index (χ4v) is 3.89. The van der Waals surface area contributed by atoms with Gasteiger partial charge >= 0.3 is 0 Å². The molecule has 7 heteroatoms. The van der Waals surface area contributed by atoms with Crippen molar-refractivity contribution in [3.05, 3.63) is 94.0 Å². The Balaban J connectivity index is 1.85. The molecule has 0 fully saturated rings. The van der Waals surface area contributed by atoms with Crippen LogP contribution in [0.15, 0.2) is 60.7 Å². The Bertz CT molecular complexity index is 1240. The number of carbonyl (C=O) groups excluding carboxylic acids is 1. The van der Waals surface area contributed by atoms with E-state index >= 15 is 0 Å². The molecule has 0 aliphatic rings. The van der Waals surface area contributed by atoms with Crippen LogP contribution in [0.1, 0.15) is 48.2 Å². The number of hydrogen-bond acceptors (Lipinski definition) is 3. The second kappa shape index (κ2) is 12.0. The third-order valence-corrected chi connectivity index (χ3v) is 5.83. The first-order valence-corrected chi connectivity index (χ1v) is 11.7. The molecule has 0 radical (unpaired) electrons. The Morgan fingerprint density at radius 3 is 2.49 bits per heavy atom. The Hall–Kier alpha value is -3.22. The van der Waals surface area contributed by atoms with Crippen molar-refractivity contribution in [1.29, 1.82) is 0 Å². The van der Waals surface area contributed by atoms with Gasteiger partial charge in [0.2, 0.25) is 0 Å². The van der Waals surface area contributed by atoms with Crippen molar-refractivity contribution in [3.63, 3.8) is 0 Å². The minimum absolute atomic E-state index is 0.0262. The van der Waals surface area contributed by atoms with Crippen LogP contribution in [0.5, 0.6) is 5.75 Å². The van der Waals surface area contributed by atoms with Crippen molar-refractivity contribution in [2.75, 3.05) is 6.61 Å². The Morgan fingerprint density at radius 1 is 1.09 bits per heavy atom. The molecule has 1 unspecified atom stereocenters. The molecule has 35 heavy (non-hydrogen) atoms. The highest BCUT2D eigenvalue weighted by Crippen LogP contribution is 2.30. The first-order chi connectivity index (χ1) is 16.7. The zero-order valence-electron chi connectivity index (χ0n) is 19.9. The second-order valence-electron chi connectivity index (χ2n) is 8.15. The van der Waals surface area contributed by atoms with Crippen LogP contribution >= 0.6 is 11.6 Å². The molecular weight excluding hydrogens is 472 g/mol. The number of hydrogen-bond donors (Lipinski definition) is 2. The van der Waals surface area contributed by atoms with Gasteiger partial charge in [-0.05, 0) is 84.5 Å². The number of aryl methyl sites for hydroxylation is 1. The van der Waals surface area contributed by atoms with E-state index < -0.39 is 18.0 Å². The number of allylic oxidation sites excluding steroid dienone is 1. The van der Waals surface area contributed by atoms with Gasteiger partial charge in [0.25, 0.3) is 5.91 Å². The number of amides is 1. The van der Waals surface area contributed by atoms with E-state index in [-0.39, 0.29) is 22.8 Å². The lowest BCUT2D eigenvalue weighted by Crippen LogP contribution is -2.35. The van der Waals surface area contributed by atoms with Gasteiger partial charge in [0.15, 0.2) is 0 Å². The van der Waals surface area contributed by atoms with E-state index in [2.05, 4.69) is 5.32 Å². The van der Waals surface area contributed by atoms with Gasteiger partial charge < -0.3 is 15.2 Å². The monoisotopic (exact) mass is 499 g/mol. The third-order valence-electron chi connectivity index (χ3n) is 5.54. The van der Waals surface area contributed by atoms with Crippen LogP contribution in [-0.4, -0.2) is 23.8 Å². The van der Waals surface area contributed by atoms with E-state index in [0.29, 0.717) is 34.6 Å². The standard InChI is InChI=1S/C28H28ClF2NO3/c1-4-12-35-26-11-8-19(20-7-10-25(31)24(29)14-20)13-23(26)28(34)32-27(33)15-18(5-2)22-16-21(30)9-6-17(22)3/h5-11,13-14,16,27,33H,4,12,15H2,1-3H3,(H,32,34)/b18-5-. The van der Waals surface area contributed by atoms with Gasteiger partial charge in [0.05, 0.1) is 17.2 Å². The molecule has 3 aromatic rings. The molecule has 0 aromatic heterocycles. The SMILES string of the molecule is C/C=C(/CC(O)NC(=O)c1cc(-c2ccc(F)c(Cl)c2)ccc1OCCC)c1cc(F)ccc1C. The maximum atomic E-state index is 13.8. The van der Waals surface area contributed by atoms with Gasteiger partial charge in [0, 0.05) is 6.42 Å². The smallest absolute Gasteiger partial charge is 0.257 e. The van der Waals surface area contributed by atoms with E-state index in [4.69, 9.17) is 16.3 Å². The fourth-order valence-electron chi connectivity index (χ4n) is 3.71. The van der Waals surface area contributed by atoms with Crippen LogP contribution in [0.2, 0.25) is 5.02 Å². The molecule has 0 aliphatic heterocycles. The Kier molecular flexibility index (Phi) is 9.01. The first kappa shape index (κ1) is 26.4. The molecular formula is C28H28ClF2NO3.